The van der Waals surface area contributed by atoms with Gasteiger partial charge in [0, 0.05) is 6.54 Å². The highest BCUT2D eigenvalue weighted by Gasteiger charge is 2.41. The van der Waals surface area contributed by atoms with Crippen molar-refractivity contribution in [2.24, 2.45) is 0 Å². The van der Waals surface area contributed by atoms with Crippen LogP contribution in [0.5, 0.6) is 0 Å². The molecule has 0 atom stereocenters. The van der Waals surface area contributed by atoms with Crippen molar-refractivity contribution in [3.05, 3.63) is 12.7 Å². The molecule has 0 saturated heterocycles. The fraction of sp³-hybridized carbons (Fsp3) is 0.727. The van der Waals surface area contributed by atoms with E-state index >= 15 is 0 Å². The van der Waals surface area contributed by atoms with Crippen molar-refractivity contribution in [2.45, 2.75) is 37.6 Å². The van der Waals surface area contributed by atoms with E-state index in [1.165, 1.54) is 0 Å². The zero-order valence-electron chi connectivity index (χ0n) is 10.2. The molecule has 0 unspecified atom stereocenters. The van der Waals surface area contributed by atoms with Gasteiger partial charge in [0.15, 0.2) is 0 Å². The van der Waals surface area contributed by atoms with Crippen LogP contribution in [0.1, 0.15) is 32.1 Å². The van der Waals surface area contributed by atoms with Crippen molar-refractivity contribution in [2.75, 3.05) is 12.8 Å². The summed E-state index contributed by atoms with van der Waals surface area (Å²) in [6.07, 6.45) is 6.56. The minimum Gasteiger partial charge on any atom is -0.351 e. The standard InChI is InChI=1S/C11H20N2O3S/c1-3-9-12-10(14)11(13-17(2,15)16)7-5-4-6-8-11/h3,13H,1,4-9H2,2H3,(H,12,14). The molecule has 0 aromatic rings. The van der Waals surface area contributed by atoms with Gasteiger partial charge in [-0.05, 0) is 12.8 Å². The number of sulfonamides is 1. The Kier molecular flexibility index (Phi) is 4.70. The maximum atomic E-state index is 12.1. The lowest BCUT2D eigenvalue weighted by atomic mass is 9.82. The highest BCUT2D eigenvalue weighted by atomic mass is 32.2. The van der Waals surface area contributed by atoms with Crippen LogP contribution < -0.4 is 10.0 Å². The Hall–Kier alpha value is -0.880. The summed E-state index contributed by atoms with van der Waals surface area (Å²) in [6, 6.07) is 0. The molecule has 6 heteroatoms. The molecule has 0 aromatic carbocycles. The summed E-state index contributed by atoms with van der Waals surface area (Å²) >= 11 is 0. The number of nitrogens with one attached hydrogen (secondary N) is 2. The minimum absolute atomic E-state index is 0.248. The highest BCUT2D eigenvalue weighted by molar-refractivity contribution is 7.88. The number of hydrogen-bond donors (Lipinski definition) is 2. The molecular weight excluding hydrogens is 240 g/mol. The molecule has 0 bridgehead atoms. The van der Waals surface area contributed by atoms with E-state index in [2.05, 4.69) is 16.6 Å². The first-order valence-corrected chi connectivity index (χ1v) is 7.67. The molecule has 1 amide bonds. The smallest absolute Gasteiger partial charge is 0.241 e. The summed E-state index contributed by atoms with van der Waals surface area (Å²) in [5.74, 6) is -0.248. The zero-order chi connectivity index (χ0) is 12.9. The third-order valence-electron chi connectivity index (χ3n) is 2.93. The first-order valence-electron chi connectivity index (χ1n) is 5.78. The van der Waals surface area contributed by atoms with Crippen LogP contribution in [0.25, 0.3) is 0 Å². The molecule has 0 aromatic heterocycles. The summed E-state index contributed by atoms with van der Waals surface area (Å²) in [5, 5.41) is 2.68. The summed E-state index contributed by atoms with van der Waals surface area (Å²) in [6.45, 7) is 3.87. The second-order valence-electron chi connectivity index (χ2n) is 4.52. The van der Waals surface area contributed by atoms with Crippen LogP contribution in [0.15, 0.2) is 12.7 Å². The number of rotatable bonds is 5. The van der Waals surface area contributed by atoms with Gasteiger partial charge in [-0.1, -0.05) is 25.3 Å². The third-order valence-corrected chi connectivity index (χ3v) is 3.69. The molecular formula is C11H20N2O3S. The normalized spacial score (nSPS) is 19.6. The van der Waals surface area contributed by atoms with Crippen LogP contribution in [-0.4, -0.2) is 32.7 Å². The molecule has 2 N–H and O–H groups in total. The molecule has 0 spiro atoms. The van der Waals surface area contributed by atoms with Gasteiger partial charge in [-0.25, -0.2) is 8.42 Å². The Morgan fingerprint density at radius 3 is 2.41 bits per heavy atom. The Morgan fingerprint density at radius 2 is 1.94 bits per heavy atom. The predicted molar refractivity (Wildman–Crippen MR) is 67.0 cm³/mol. The van der Waals surface area contributed by atoms with Crippen LogP contribution in [0.2, 0.25) is 0 Å². The van der Waals surface area contributed by atoms with E-state index in [0.29, 0.717) is 19.4 Å². The average Bonchev–Trinajstić information content (AvgIpc) is 2.24. The second-order valence-corrected chi connectivity index (χ2v) is 6.26. The quantitative estimate of drug-likeness (QED) is 0.708. The summed E-state index contributed by atoms with van der Waals surface area (Å²) < 4.78 is 25.2. The van der Waals surface area contributed by atoms with Crippen molar-refractivity contribution < 1.29 is 13.2 Å². The van der Waals surface area contributed by atoms with Crippen LogP contribution in [0.4, 0.5) is 0 Å². The fourth-order valence-corrected chi connectivity index (χ4v) is 3.23. The molecule has 1 fully saturated rings. The SMILES string of the molecule is C=CCNC(=O)C1(NS(C)(=O)=O)CCCCC1. The van der Waals surface area contributed by atoms with Gasteiger partial charge >= 0.3 is 0 Å². The van der Waals surface area contributed by atoms with E-state index in [1.807, 2.05) is 0 Å². The predicted octanol–water partition coefficient (Wildman–Crippen LogP) is 0.541. The monoisotopic (exact) mass is 260 g/mol. The van der Waals surface area contributed by atoms with E-state index < -0.39 is 15.6 Å². The average molecular weight is 260 g/mol. The number of carbonyl (C=O) groups is 1. The molecule has 0 heterocycles. The van der Waals surface area contributed by atoms with E-state index in [9.17, 15) is 13.2 Å². The molecule has 5 nitrogen and oxygen atoms in total. The van der Waals surface area contributed by atoms with Gasteiger partial charge in [0.05, 0.1) is 6.26 Å². The maximum Gasteiger partial charge on any atom is 0.241 e. The molecule has 1 saturated carbocycles. The van der Waals surface area contributed by atoms with Crippen molar-refractivity contribution in [1.29, 1.82) is 0 Å². The van der Waals surface area contributed by atoms with Crippen LogP contribution in [0.3, 0.4) is 0 Å². The summed E-state index contributed by atoms with van der Waals surface area (Å²) in [7, 11) is -3.39. The molecule has 1 aliphatic rings. The lowest BCUT2D eigenvalue weighted by Crippen LogP contribution is -2.59. The first-order chi connectivity index (χ1) is 7.90. The van der Waals surface area contributed by atoms with Gasteiger partial charge in [-0.2, -0.15) is 4.72 Å². The number of hydrogen-bond acceptors (Lipinski definition) is 3. The van der Waals surface area contributed by atoms with Gasteiger partial charge in [0.1, 0.15) is 5.54 Å². The molecule has 0 radical (unpaired) electrons. The molecule has 1 aliphatic carbocycles. The lowest BCUT2D eigenvalue weighted by Gasteiger charge is -2.35. The van der Waals surface area contributed by atoms with Crippen molar-refractivity contribution in [3.8, 4) is 0 Å². The Labute approximate surface area is 103 Å². The van der Waals surface area contributed by atoms with Crippen molar-refractivity contribution >= 4 is 15.9 Å². The largest absolute Gasteiger partial charge is 0.351 e. The van der Waals surface area contributed by atoms with E-state index in [1.54, 1.807) is 6.08 Å². The van der Waals surface area contributed by atoms with Crippen LogP contribution in [-0.2, 0) is 14.8 Å². The molecule has 1 rings (SSSR count). The zero-order valence-corrected chi connectivity index (χ0v) is 11.0. The lowest BCUT2D eigenvalue weighted by molar-refractivity contribution is -0.128. The fourth-order valence-electron chi connectivity index (χ4n) is 2.22. The van der Waals surface area contributed by atoms with Crippen molar-refractivity contribution in [3.63, 3.8) is 0 Å². The van der Waals surface area contributed by atoms with Crippen molar-refractivity contribution in [1.82, 2.24) is 10.0 Å². The number of carbonyl (C=O) groups excluding carboxylic acids is 1. The Morgan fingerprint density at radius 1 is 1.35 bits per heavy atom. The number of amides is 1. The van der Waals surface area contributed by atoms with Gasteiger partial charge in [-0.3, -0.25) is 4.79 Å². The van der Waals surface area contributed by atoms with Crippen LogP contribution >= 0.6 is 0 Å². The van der Waals surface area contributed by atoms with Gasteiger partial charge in [0.25, 0.3) is 0 Å². The third kappa shape index (κ3) is 4.12. The van der Waals surface area contributed by atoms with Gasteiger partial charge in [-0.15, -0.1) is 6.58 Å². The van der Waals surface area contributed by atoms with Crippen LogP contribution in [0, 0.1) is 0 Å². The second kappa shape index (κ2) is 5.64. The molecule has 98 valence electrons. The van der Waals surface area contributed by atoms with Gasteiger partial charge < -0.3 is 5.32 Å². The summed E-state index contributed by atoms with van der Waals surface area (Å²) in [4.78, 5) is 12.1. The maximum absolute atomic E-state index is 12.1. The topological polar surface area (TPSA) is 75.3 Å². The van der Waals surface area contributed by atoms with E-state index in [-0.39, 0.29) is 5.91 Å². The Bertz CT molecular complexity index is 384. The van der Waals surface area contributed by atoms with Gasteiger partial charge in [0.2, 0.25) is 15.9 Å². The first kappa shape index (κ1) is 14.2. The Balaban J connectivity index is 2.84. The molecule has 0 aliphatic heterocycles. The summed E-state index contributed by atoms with van der Waals surface area (Å²) in [5.41, 5.74) is -0.963. The van der Waals surface area contributed by atoms with E-state index in [0.717, 1.165) is 25.5 Å². The molecule has 17 heavy (non-hydrogen) atoms. The highest BCUT2D eigenvalue weighted by Crippen LogP contribution is 2.29. The van der Waals surface area contributed by atoms with E-state index in [4.69, 9.17) is 0 Å². The minimum atomic E-state index is -3.39.